The molecule has 2 N–H and O–H groups in total. The van der Waals surface area contributed by atoms with E-state index in [0.717, 1.165) is 11.3 Å². The lowest BCUT2D eigenvalue weighted by Gasteiger charge is -2.21. The van der Waals surface area contributed by atoms with Crippen LogP contribution in [0.25, 0.3) is 0 Å². The highest BCUT2D eigenvalue weighted by Crippen LogP contribution is 2.11. The van der Waals surface area contributed by atoms with Gasteiger partial charge in [0.25, 0.3) is 0 Å². The van der Waals surface area contributed by atoms with Crippen LogP contribution in [-0.2, 0) is 11.2 Å². The summed E-state index contributed by atoms with van der Waals surface area (Å²) in [5, 5.41) is 0. The SMILES string of the molecule is CN(C(=O)[C@H](N)Cc1ccccc1)c1cccnc1. The molecule has 0 spiro atoms. The number of carbonyl (C=O) groups excluding carboxylic acids is 1. The Morgan fingerprint density at radius 3 is 2.63 bits per heavy atom. The van der Waals surface area contributed by atoms with Crippen molar-refractivity contribution in [2.75, 3.05) is 11.9 Å². The van der Waals surface area contributed by atoms with E-state index in [-0.39, 0.29) is 5.91 Å². The van der Waals surface area contributed by atoms with Gasteiger partial charge in [0.1, 0.15) is 0 Å². The molecular weight excluding hydrogens is 238 g/mol. The van der Waals surface area contributed by atoms with Crippen LogP contribution in [0.3, 0.4) is 0 Å². The lowest BCUT2D eigenvalue weighted by Crippen LogP contribution is -2.43. The van der Waals surface area contributed by atoms with Crippen LogP contribution in [0.2, 0.25) is 0 Å². The van der Waals surface area contributed by atoms with E-state index in [4.69, 9.17) is 5.73 Å². The molecular formula is C15H17N3O. The highest BCUT2D eigenvalue weighted by Gasteiger charge is 2.19. The summed E-state index contributed by atoms with van der Waals surface area (Å²) in [6.45, 7) is 0. The van der Waals surface area contributed by atoms with Gasteiger partial charge in [-0.05, 0) is 24.1 Å². The van der Waals surface area contributed by atoms with Crippen molar-refractivity contribution in [3.8, 4) is 0 Å². The fourth-order valence-corrected chi connectivity index (χ4v) is 1.88. The average Bonchev–Trinajstić information content (AvgIpc) is 2.47. The fraction of sp³-hybridized carbons (Fsp3) is 0.200. The number of aromatic nitrogens is 1. The summed E-state index contributed by atoms with van der Waals surface area (Å²) in [7, 11) is 1.71. The number of rotatable bonds is 4. The van der Waals surface area contributed by atoms with Gasteiger partial charge < -0.3 is 10.6 Å². The Bertz CT molecular complexity index is 528. The van der Waals surface area contributed by atoms with Crippen LogP contribution < -0.4 is 10.6 Å². The number of anilines is 1. The lowest BCUT2D eigenvalue weighted by molar-refractivity contribution is -0.119. The number of amides is 1. The van der Waals surface area contributed by atoms with Crippen LogP contribution in [0.1, 0.15) is 5.56 Å². The second kappa shape index (κ2) is 6.11. The molecule has 0 bridgehead atoms. The van der Waals surface area contributed by atoms with Crippen molar-refractivity contribution in [3.05, 3.63) is 60.4 Å². The van der Waals surface area contributed by atoms with Gasteiger partial charge in [-0.25, -0.2) is 0 Å². The van der Waals surface area contributed by atoms with E-state index in [2.05, 4.69) is 4.98 Å². The molecule has 0 saturated carbocycles. The highest BCUT2D eigenvalue weighted by molar-refractivity contribution is 5.96. The number of hydrogen-bond acceptors (Lipinski definition) is 3. The van der Waals surface area contributed by atoms with Crippen LogP contribution >= 0.6 is 0 Å². The van der Waals surface area contributed by atoms with E-state index in [1.165, 1.54) is 0 Å². The summed E-state index contributed by atoms with van der Waals surface area (Å²) < 4.78 is 0. The summed E-state index contributed by atoms with van der Waals surface area (Å²) >= 11 is 0. The quantitative estimate of drug-likeness (QED) is 0.903. The standard InChI is InChI=1S/C15H17N3O/c1-18(13-8-5-9-17-11-13)15(19)14(16)10-12-6-3-2-4-7-12/h2-9,11,14H,10,16H2,1H3/t14-/m1/s1. The minimum atomic E-state index is -0.549. The van der Waals surface area contributed by atoms with E-state index < -0.39 is 6.04 Å². The van der Waals surface area contributed by atoms with Crippen molar-refractivity contribution in [1.82, 2.24) is 4.98 Å². The second-order valence-corrected chi connectivity index (χ2v) is 4.40. The summed E-state index contributed by atoms with van der Waals surface area (Å²) in [5.41, 5.74) is 7.78. The van der Waals surface area contributed by atoms with E-state index in [1.807, 2.05) is 36.4 Å². The van der Waals surface area contributed by atoms with Crippen LogP contribution in [0.15, 0.2) is 54.9 Å². The van der Waals surface area contributed by atoms with Gasteiger partial charge in [0.15, 0.2) is 0 Å². The third-order valence-electron chi connectivity index (χ3n) is 2.98. The van der Waals surface area contributed by atoms with Gasteiger partial charge in [0.05, 0.1) is 17.9 Å². The molecule has 4 nitrogen and oxygen atoms in total. The largest absolute Gasteiger partial charge is 0.320 e. The molecule has 0 aliphatic heterocycles. The van der Waals surface area contributed by atoms with Crippen molar-refractivity contribution < 1.29 is 4.79 Å². The average molecular weight is 255 g/mol. The van der Waals surface area contributed by atoms with Crippen molar-refractivity contribution in [3.63, 3.8) is 0 Å². The molecule has 19 heavy (non-hydrogen) atoms. The van der Waals surface area contributed by atoms with Gasteiger partial charge >= 0.3 is 0 Å². The Hall–Kier alpha value is -2.20. The van der Waals surface area contributed by atoms with Gasteiger partial charge in [-0.3, -0.25) is 9.78 Å². The fourth-order valence-electron chi connectivity index (χ4n) is 1.88. The lowest BCUT2D eigenvalue weighted by atomic mass is 10.1. The van der Waals surface area contributed by atoms with Crippen molar-refractivity contribution in [2.45, 2.75) is 12.5 Å². The Labute approximate surface area is 112 Å². The first-order valence-corrected chi connectivity index (χ1v) is 6.15. The summed E-state index contributed by atoms with van der Waals surface area (Å²) in [4.78, 5) is 17.8. The minimum Gasteiger partial charge on any atom is -0.320 e. The van der Waals surface area contributed by atoms with Crippen LogP contribution in [0.4, 0.5) is 5.69 Å². The Kier molecular flexibility index (Phi) is 4.26. The predicted molar refractivity (Wildman–Crippen MR) is 75.8 cm³/mol. The predicted octanol–water partition coefficient (Wildman–Crippen LogP) is 1.61. The molecule has 0 radical (unpaired) electrons. The van der Waals surface area contributed by atoms with Gasteiger partial charge in [0.2, 0.25) is 5.91 Å². The molecule has 2 aromatic rings. The highest BCUT2D eigenvalue weighted by atomic mass is 16.2. The Balaban J connectivity index is 2.03. The molecule has 0 unspecified atom stereocenters. The van der Waals surface area contributed by atoms with E-state index >= 15 is 0 Å². The molecule has 0 aliphatic carbocycles. The van der Waals surface area contributed by atoms with E-state index in [1.54, 1.807) is 30.4 Å². The van der Waals surface area contributed by atoms with Crippen LogP contribution in [-0.4, -0.2) is 24.0 Å². The number of nitrogens with two attached hydrogens (primary N) is 1. The van der Waals surface area contributed by atoms with Crippen molar-refractivity contribution >= 4 is 11.6 Å². The molecule has 98 valence electrons. The number of benzene rings is 1. The van der Waals surface area contributed by atoms with Gasteiger partial charge in [0, 0.05) is 13.2 Å². The van der Waals surface area contributed by atoms with Crippen LogP contribution in [0, 0.1) is 0 Å². The number of nitrogens with zero attached hydrogens (tertiary/aromatic N) is 2. The summed E-state index contributed by atoms with van der Waals surface area (Å²) in [6.07, 6.45) is 3.85. The maximum atomic E-state index is 12.2. The van der Waals surface area contributed by atoms with E-state index in [0.29, 0.717) is 6.42 Å². The van der Waals surface area contributed by atoms with Gasteiger partial charge in [-0.15, -0.1) is 0 Å². The molecule has 1 aromatic heterocycles. The second-order valence-electron chi connectivity index (χ2n) is 4.40. The molecule has 0 aliphatic rings. The molecule has 1 atom stereocenters. The molecule has 1 aromatic carbocycles. The maximum Gasteiger partial charge on any atom is 0.244 e. The first-order chi connectivity index (χ1) is 9.18. The first kappa shape index (κ1) is 13.2. The first-order valence-electron chi connectivity index (χ1n) is 6.15. The maximum absolute atomic E-state index is 12.2. The molecule has 1 amide bonds. The number of carbonyl (C=O) groups is 1. The number of pyridine rings is 1. The molecule has 0 fully saturated rings. The van der Waals surface area contributed by atoms with Crippen molar-refractivity contribution in [2.24, 2.45) is 5.73 Å². The topological polar surface area (TPSA) is 59.2 Å². The zero-order valence-corrected chi connectivity index (χ0v) is 10.9. The van der Waals surface area contributed by atoms with Crippen LogP contribution in [0.5, 0.6) is 0 Å². The van der Waals surface area contributed by atoms with Gasteiger partial charge in [-0.2, -0.15) is 0 Å². The third kappa shape index (κ3) is 3.39. The number of hydrogen-bond donors (Lipinski definition) is 1. The zero-order chi connectivity index (χ0) is 13.7. The molecule has 4 heteroatoms. The summed E-state index contributed by atoms with van der Waals surface area (Å²) in [5.74, 6) is -0.114. The molecule has 0 saturated heterocycles. The third-order valence-corrected chi connectivity index (χ3v) is 2.98. The Morgan fingerprint density at radius 1 is 1.26 bits per heavy atom. The minimum absolute atomic E-state index is 0.114. The normalized spacial score (nSPS) is 11.9. The van der Waals surface area contributed by atoms with Gasteiger partial charge in [-0.1, -0.05) is 30.3 Å². The number of likely N-dealkylation sites (N-methyl/N-ethyl adjacent to an activating group) is 1. The van der Waals surface area contributed by atoms with E-state index in [9.17, 15) is 4.79 Å². The smallest absolute Gasteiger partial charge is 0.244 e. The zero-order valence-electron chi connectivity index (χ0n) is 10.9. The monoisotopic (exact) mass is 255 g/mol. The summed E-state index contributed by atoms with van der Waals surface area (Å²) in [6, 6.07) is 12.8. The molecule has 1 heterocycles. The Morgan fingerprint density at radius 2 is 2.00 bits per heavy atom. The van der Waals surface area contributed by atoms with Crippen molar-refractivity contribution in [1.29, 1.82) is 0 Å². The molecule has 2 rings (SSSR count).